The molecule has 0 spiro atoms. The molecule has 0 radical (unpaired) electrons. The van der Waals surface area contributed by atoms with Gasteiger partial charge in [-0.05, 0) is 31.0 Å². The molecule has 1 nitrogen and oxygen atoms in total. The molecule has 1 heteroatoms. The van der Waals surface area contributed by atoms with E-state index in [-0.39, 0.29) is 0 Å². The van der Waals surface area contributed by atoms with Crippen molar-refractivity contribution in [2.24, 2.45) is 0 Å². The number of benzene rings is 2. The molecule has 0 amide bonds. The topological polar surface area (TPSA) is 9.23 Å². The lowest BCUT2D eigenvalue weighted by Gasteiger charge is -2.29. The molecule has 0 saturated heterocycles. The number of aryl methyl sites for hydroxylation is 1. The molecule has 1 unspecified atom stereocenters. The molecule has 0 N–H and O–H groups in total. The maximum atomic E-state index is 6.12. The molecule has 1 aliphatic rings. The summed E-state index contributed by atoms with van der Waals surface area (Å²) in [6.45, 7) is 4.47. The second-order valence-corrected chi connectivity index (χ2v) is 6.03. The number of hydrogen-bond acceptors (Lipinski definition) is 1. The molecule has 1 heterocycles. The highest BCUT2D eigenvalue weighted by Crippen LogP contribution is 2.47. The lowest BCUT2D eigenvalue weighted by atomic mass is 9.82. The third-order valence-electron chi connectivity index (χ3n) is 4.49. The molecule has 0 aliphatic carbocycles. The molecule has 3 rings (SSSR count). The van der Waals surface area contributed by atoms with Crippen LogP contribution in [0.5, 0.6) is 11.5 Å². The monoisotopic (exact) mass is 280 g/mol. The zero-order valence-electron chi connectivity index (χ0n) is 13.1. The lowest BCUT2D eigenvalue weighted by molar-refractivity contribution is 0.435. The van der Waals surface area contributed by atoms with Crippen molar-refractivity contribution in [1.29, 1.82) is 0 Å². The Morgan fingerprint density at radius 3 is 2.57 bits per heavy atom. The van der Waals surface area contributed by atoms with Gasteiger partial charge in [-0.3, -0.25) is 0 Å². The highest BCUT2D eigenvalue weighted by molar-refractivity contribution is 5.55. The summed E-state index contributed by atoms with van der Waals surface area (Å²) in [5, 5.41) is 0. The summed E-state index contributed by atoms with van der Waals surface area (Å²) in [5.41, 5.74) is 4.10. The summed E-state index contributed by atoms with van der Waals surface area (Å²) in [5.74, 6) is 2.58. The van der Waals surface area contributed by atoms with E-state index in [0.29, 0.717) is 5.92 Å². The number of unbranched alkanes of at least 4 members (excludes halogenated alkanes) is 3. The van der Waals surface area contributed by atoms with E-state index in [1.165, 1.54) is 48.8 Å². The molecule has 0 fully saturated rings. The Morgan fingerprint density at radius 2 is 1.71 bits per heavy atom. The average Bonchev–Trinajstić information content (AvgIpc) is 2.51. The molecule has 0 aromatic heterocycles. The van der Waals surface area contributed by atoms with Gasteiger partial charge >= 0.3 is 0 Å². The maximum Gasteiger partial charge on any atom is 0.131 e. The fourth-order valence-electron chi connectivity index (χ4n) is 3.40. The van der Waals surface area contributed by atoms with Crippen molar-refractivity contribution in [3.05, 3.63) is 59.2 Å². The van der Waals surface area contributed by atoms with Gasteiger partial charge in [0, 0.05) is 17.0 Å². The molecular formula is C20H24O. The van der Waals surface area contributed by atoms with Crippen LogP contribution in [0, 0.1) is 6.92 Å². The lowest BCUT2D eigenvalue weighted by Crippen LogP contribution is -2.11. The number of fused-ring (bicyclic) bond motifs is 2. The summed E-state index contributed by atoms with van der Waals surface area (Å²) in [6, 6.07) is 14.9. The van der Waals surface area contributed by atoms with Crippen LogP contribution in [0.15, 0.2) is 42.5 Å². The van der Waals surface area contributed by atoms with Gasteiger partial charge in [0.1, 0.15) is 11.5 Å². The number of rotatable bonds is 5. The predicted molar refractivity (Wildman–Crippen MR) is 88.3 cm³/mol. The first kappa shape index (κ1) is 14.2. The van der Waals surface area contributed by atoms with Gasteiger partial charge < -0.3 is 4.74 Å². The van der Waals surface area contributed by atoms with E-state index in [4.69, 9.17) is 4.74 Å². The fourth-order valence-corrected chi connectivity index (χ4v) is 3.40. The van der Waals surface area contributed by atoms with E-state index in [1.54, 1.807) is 0 Å². The van der Waals surface area contributed by atoms with Crippen molar-refractivity contribution in [3.8, 4) is 11.5 Å². The van der Waals surface area contributed by atoms with Crippen molar-refractivity contribution < 1.29 is 4.74 Å². The number of hydrogen-bond donors (Lipinski definition) is 0. The average molecular weight is 280 g/mol. The fraction of sp³-hybridized carbons (Fsp3) is 0.400. The van der Waals surface area contributed by atoms with Crippen molar-refractivity contribution in [3.63, 3.8) is 0 Å². The first-order valence-electron chi connectivity index (χ1n) is 8.17. The summed E-state index contributed by atoms with van der Waals surface area (Å²) in [4.78, 5) is 0. The number of para-hydroxylation sites is 1. The van der Waals surface area contributed by atoms with Crippen molar-refractivity contribution in [1.82, 2.24) is 0 Å². The van der Waals surface area contributed by atoms with Crippen LogP contribution in [-0.4, -0.2) is 0 Å². The second kappa shape index (κ2) is 6.34. The van der Waals surface area contributed by atoms with Crippen LogP contribution in [0.1, 0.15) is 61.6 Å². The van der Waals surface area contributed by atoms with Gasteiger partial charge in [0.05, 0.1) is 0 Å². The van der Waals surface area contributed by atoms with E-state index in [0.717, 1.165) is 11.5 Å². The van der Waals surface area contributed by atoms with E-state index in [2.05, 4.69) is 56.3 Å². The van der Waals surface area contributed by atoms with Gasteiger partial charge in [-0.1, -0.05) is 62.9 Å². The molecule has 2 aromatic rings. The second-order valence-electron chi connectivity index (χ2n) is 6.03. The van der Waals surface area contributed by atoms with Crippen LogP contribution in [0.4, 0.5) is 0 Å². The van der Waals surface area contributed by atoms with Crippen molar-refractivity contribution in [2.45, 2.75) is 51.9 Å². The van der Waals surface area contributed by atoms with Crippen LogP contribution in [0.25, 0.3) is 0 Å². The first-order chi connectivity index (χ1) is 10.3. The SMILES string of the molecule is CCCCCCC1c2ccccc2Oc2cccc(C)c21. The van der Waals surface area contributed by atoms with E-state index in [9.17, 15) is 0 Å². The highest BCUT2D eigenvalue weighted by Gasteiger charge is 2.27. The normalized spacial score (nSPS) is 16.0. The van der Waals surface area contributed by atoms with Gasteiger partial charge in [-0.25, -0.2) is 0 Å². The number of ether oxygens (including phenoxy) is 1. The van der Waals surface area contributed by atoms with Gasteiger partial charge in [0.15, 0.2) is 0 Å². The highest BCUT2D eigenvalue weighted by atomic mass is 16.5. The van der Waals surface area contributed by atoms with Gasteiger partial charge in [-0.2, -0.15) is 0 Å². The Labute approximate surface area is 128 Å². The van der Waals surface area contributed by atoms with Crippen LogP contribution in [-0.2, 0) is 0 Å². The predicted octanol–water partition coefficient (Wildman–Crippen LogP) is 6.20. The van der Waals surface area contributed by atoms with Gasteiger partial charge in [0.2, 0.25) is 0 Å². The molecule has 21 heavy (non-hydrogen) atoms. The van der Waals surface area contributed by atoms with Crippen LogP contribution >= 0.6 is 0 Å². The molecule has 0 saturated carbocycles. The minimum atomic E-state index is 0.489. The molecule has 2 aromatic carbocycles. The summed E-state index contributed by atoms with van der Waals surface area (Å²) in [7, 11) is 0. The third kappa shape index (κ3) is 2.83. The molecule has 0 bridgehead atoms. The van der Waals surface area contributed by atoms with E-state index in [1.807, 2.05) is 0 Å². The Bertz CT molecular complexity index is 615. The Balaban J connectivity index is 1.93. The van der Waals surface area contributed by atoms with Crippen molar-refractivity contribution in [2.75, 3.05) is 0 Å². The zero-order chi connectivity index (χ0) is 14.7. The minimum absolute atomic E-state index is 0.489. The summed E-state index contributed by atoms with van der Waals surface area (Å²) in [6.07, 6.45) is 6.47. The molecule has 1 aliphatic heterocycles. The van der Waals surface area contributed by atoms with E-state index >= 15 is 0 Å². The Hall–Kier alpha value is -1.76. The zero-order valence-corrected chi connectivity index (χ0v) is 13.1. The van der Waals surface area contributed by atoms with Gasteiger partial charge in [-0.15, -0.1) is 0 Å². The van der Waals surface area contributed by atoms with Crippen LogP contribution in [0.2, 0.25) is 0 Å². The maximum absolute atomic E-state index is 6.12. The molecule has 1 atom stereocenters. The first-order valence-corrected chi connectivity index (χ1v) is 8.17. The van der Waals surface area contributed by atoms with Crippen molar-refractivity contribution >= 4 is 0 Å². The van der Waals surface area contributed by atoms with Crippen LogP contribution in [0.3, 0.4) is 0 Å². The molecule has 110 valence electrons. The third-order valence-corrected chi connectivity index (χ3v) is 4.49. The largest absolute Gasteiger partial charge is 0.457 e. The molecular weight excluding hydrogens is 256 g/mol. The quantitative estimate of drug-likeness (QED) is 0.592. The van der Waals surface area contributed by atoms with E-state index < -0.39 is 0 Å². The summed E-state index contributed by atoms with van der Waals surface area (Å²) >= 11 is 0. The standard InChI is InChI=1S/C20H24O/c1-3-4-5-6-12-17-16-11-7-8-13-18(16)21-19-14-9-10-15(2)20(17)19/h7-11,13-14,17H,3-6,12H2,1-2H3. The Kier molecular flexibility index (Phi) is 4.28. The van der Waals surface area contributed by atoms with Gasteiger partial charge in [0.25, 0.3) is 0 Å². The Morgan fingerprint density at radius 1 is 0.905 bits per heavy atom. The minimum Gasteiger partial charge on any atom is -0.457 e. The smallest absolute Gasteiger partial charge is 0.131 e. The summed E-state index contributed by atoms with van der Waals surface area (Å²) < 4.78 is 6.12. The van der Waals surface area contributed by atoms with Crippen LogP contribution < -0.4 is 4.74 Å².